The number of carbonyl (C=O) groups is 2. The van der Waals surface area contributed by atoms with Crippen molar-refractivity contribution < 1.29 is 35.9 Å². The van der Waals surface area contributed by atoms with Crippen LogP contribution in [0, 0.1) is 11.8 Å². The van der Waals surface area contributed by atoms with Crippen LogP contribution in [0.1, 0.15) is 75.1 Å². The highest BCUT2D eigenvalue weighted by molar-refractivity contribution is 6.29. The van der Waals surface area contributed by atoms with E-state index in [0.29, 0.717) is 25.9 Å². The van der Waals surface area contributed by atoms with Gasteiger partial charge in [-0.3, -0.25) is 19.5 Å². The number of imidazole rings is 2. The average molecular weight is 703 g/mol. The quantitative estimate of drug-likeness (QED) is 0.234. The highest BCUT2D eigenvalue weighted by atomic mass is 35.5. The summed E-state index contributed by atoms with van der Waals surface area (Å²) in [6.07, 6.45) is -4.97. The summed E-state index contributed by atoms with van der Waals surface area (Å²) in [6.45, 7) is 4.50. The lowest BCUT2D eigenvalue weighted by Crippen LogP contribution is -2.27. The van der Waals surface area contributed by atoms with E-state index in [1.165, 1.54) is 28.0 Å². The molecule has 2 aliphatic rings. The largest absolute Gasteiger partial charge is 0.435 e. The van der Waals surface area contributed by atoms with E-state index in [0.717, 1.165) is 40.8 Å². The summed E-state index contributed by atoms with van der Waals surface area (Å²) in [6, 6.07) is 5.10. The summed E-state index contributed by atoms with van der Waals surface area (Å²) >= 11 is 5.80. The van der Waals surface area contributed by atoms with Gasteiger partial charge in [-0.15, -0.1) is 0 Å². The van der Waals surface area contributed by atoms with Crippen molar-refractivity contribution in [3.63, 3.8) is 0 Å². The van der Waals surface area contributed by atoms with Crippen LogP contribution in [0.25, 0.3) is 11.3 Å². The third kappa shape index (κ3) is 7.60. The molecular weight excluding hydrogens is 670 g/mol. The zero-order chi connectivity index (χ0) is 35.0. The lowest BCUT2D eigenvalue weighted by Gasteiger charge is -2.17. The normalized spacial score (nSPS) is 18.8. The minimum Gasteiger partial charge on any atom is -0.336 e. The molecule has 0 spiro atoms. The Hall–Kier alpha value is -4.15. The molecule has 2 fully saturated rings. The first-order chi connectivity index (χ1) is 22.6. The lowest BCUT2D eigenvalue weighted by molar-refractivity contribution is -0.143. The molecule has 6 rings (SSSR count). The summed E-state index contributed by atoms with van der Waals surface area (Å²) in [5, 5.41) is 6.31. The number of hydrogen-bond donors (Lipinski definition) is 1. The number of amides is 2. The summed E-state index contributed by atoms with van der Waals surface area (Å²) in [7, 11) is 0. The van der Waals surface area contributed by atoms with Gasteiger partial charge in [0, 0.05) is 32.0 Å². The van der Waals surface area contributed by atoms with Gasteiger partial charge < -0.3 is 9.80 Å². The maximum atomic E-state index is 13.3. The molecule has 2 aliphatic heterocycles. The monoisotopic (exact) mass is 702 g/mol. The van der Waals surface area contributed by atoms with Crippen LogP contribution in [0.3, 0.4) is 0 Å². The Bertz CT molecular complexity index is 1870. The first kappa shape index (κ1) is 35.2. The standard InChI is InChI=1S/C15H16ClF3N4O.C15H17F3N4O2/c1-2-3-9-6-13(24)22(7-9)8-10-14(15(17,18)19)20-12-5-4-11(16)21-23(10)12;1-2-3-9-6-13(24)21(7-9)8-10-14(15(16,17)18)19-11-4-5-12(23)20-22(10)11/h4-5,9H,2-3,6-8H2,1H3;4-5,9H,2-3,6-8H2,1H3,(H,20,23). The second kappa shape index (κ2) is 13.8. The van der Waals surface area contributed by atoms with E-state index in [2.05, 4.69) is 20.2 Å². The number of likely N-dealkylation sites (tertiary alicyclic amines) is 2. The predicted molar refractivity (Wildman–Crippen MR) is 161 cm³/mol. The van der Waals surface area contributed by atoms with Crippen molar-refractivity contribution in [1.82, 2.24) is 39.0 Å². The Kier molecular flexibility index (Phi) is 10.1. The number of alkyl halides is 6. The Balaban J connectivity index is 0.000000188. The van der Waals surface area contributed by atoms with Gasteiger partial charge in [-0.2, -0.15) is 31.4 Å². The van der Waals surface area contributed by atoms with Crippen LogP contribution in [0.5, 0.6) is 0 Å². The summed E-state index contributed by atoms with van der Waals surface area (Å²) < 4.78 is 81.9. The lowest BCUT2D eigenvalue weighted by atomic mass is 10.0. The Morgan fingerprint density at radius 3 is 1.81 bits per heavy atom. The van der Waals surface area contributed by atoms with Crippen molar-refractivity contribution >= 4 is 34.7 Å². The molecule has 0 aromatic carbocycles. The van der Waals surface area contributed by atoms with E-state index in [4.69, 9.17) is 11.6 Å². The first-order valence-corrected chi connectivity index (χ1v) is 15.8. The molecule has 1 N–H and O–H groups in total. The topological polar surface area (TPSA) is 121 Å². The molecule has 18 heteroatoms. The molecule has 0 saturated carbocycles. The van der Waals surface area contributed by atoms with E-state index >= 15 is 0 Å². The van der Waals surface area contributed by atoms with Gasteiger partial charge in [0.1, 0.15) is 5.15 Å². The van der Waals surface area contributed by atoms with Crippen molar-refractivity contribution in [2.45, 2.75) is 77.8 Å². The van der Waals surface area contributed by atoms with Gasteiger partial charge in [0.15, 0.2) is 22.7 Å². The minimum absolute atomic E-state index is 0.00585. The molecule has 0 radical (unpaired) electrons. The Morgan fingerprint density at radius 2 is 1.27 bits per heavy atom. The number of hydrogen-bond acceptors (Lipinski definition) is 6. The number of aromatic amines is 1. The molecule has 260 valence electrons. The molecule has 2 atom stereocenters. The Morgan fingerprint density at radius 1 is 0.771 bits per heavy atom. The zero-order valence-electron chi connectivity index (χ0n) is 26.0. The van der Waals surface area contributed by atoms with Crippen molar-refractivity contribution in [2.24, 2.45) is 11.8 Å². The number of rotatable bonds is 8. The van der Waals surface area contributed by atoms with Gasteiger partial charge in [-0.1, -0.05) is 38.3 Å². The highest BCUT2D eigenvalue weighted by Gasteiger charge is 2.41. The number of carbonyl (C=O) groups excluding carboxylic acids is 2. The molecule has 4 aromatic heterocycles. The van der Waals surface area contributed by atoms with Gasteiger partial charge >= 0.3 is 12.4 Å². The average Bonchev–Trinajstić information content (AvgIpc) is 3.74. The van der Waals surface area contributed by atoms with Crippen molar-refractivity contribution in [3.8, 4) is 0 Å². The third-order valence-corrected chi connectivity index (χ3v) is 8.55. The third-order valence-electron chi connectivity index (χ3n) is 8.34. The van der Waals surface area contributed by atoms with Crippen molar-refractivity contribution in [1.29, 1.82) is 0 Å². The maximum Gasteiger partial charge on any atom is 0.435 e. The fourth-order valence-corrected chi connectivity index (χ4v) is 6.42. The number of fused-ring (bicyclic) bond motifs is 2. The SMILES string of the molecule is CCCC1CC(=O)N(Cc2c(C(F)(F)F)nc3ccc(=O)[nH]n23)C1.CCCC1CC(=O)N(Cc2c(C(F)(F)F)nc3ccc(Cl)nn23)C1. The molecule has 0 aliphatic carbocycles. The van der Waals surface area contributed by atoms with Crippen LogP contribution in [0.4, 0.5) is 26.3 Å². The van der Waals surface area contributed by atoms with Crippen LogP contribution >= 0.6 is 11.6 Å². The van der Waals surface area contributed by atoms with Crippen molar-refractivity contribution in [3.05, 3.63) is 62.5 Å². The van der Waals surface area contributed by atoms with E-state index in [1.54, 1.807) is 0 Å². The number of nitrogens with zero attached hydrogens (tertiary/aromatic N) is 7. The summed E-state index contributed by atoms with van der Waals surface area (Å²) in [5.74, 6) is 0.0380. The Labute approximate surface area is 274 Å². The van der Waals surface area contributed by atoms with Crippen LogP contribution in [-0.2, 0) is 35.0 Å². The molecule has 48 heavy (non-hydrogen) atoms. The van der Waals surface area contributed by atoms with Gasteiger partial charge in [0.25, 0.3) is 5.56 Å². The van der Waals surface area contributed by atoms with E-state index in [-0.39, 0.29) is 64.6 Å². The number of nitrogens with one attached hydrogen (secondary N) is 1. The molecular formula is C30H33ClF6N8O3. The second-order valence-electron chi connectivity index (χ2n) is 12.0. The fraction of sp³-hybridized carbons (Fsp3) is 0.533. The summed E-state index contributed by atoms with van der Waals surface area (Å²) in [5.41, 5.74) is -2.97. The fourth-order valence-electron chi connectivity index (χ4n) is 6.28. The maximum absolute atomic E-state index is 13.3. The summed E-state index contributed by atoms with van der Waals surface area (Å²) in [4.78, 5) is 45.7. The van der Waals surface area contributed by atoms with Gasteiger partial charge in [0.2, 0.25) is 11.8 Å². The number of H-pyrrole nitrogens is 1. The number of halogens is 7. The smallest absolute Gasteiger partial charge is 0.336 e. The first-order valence-electron chi connectivity index (χ1n) is 15.4. The van der Waals surface area contributed by atoms with Crippen LogP contribution in [0.2, 0.25) is 5.15 Å². The van der Waals surface area contributed by atoms with Crippen molar-refractivity contribution in [2.75, 3.05) is 13.1 Å². The highest BCUT2D eigenvalue weighted by Crippen LogP contribution is 2.35. The molecule has 4 aromatic rings. The van der Waals surface area contributed by atoms with Crippen LogP contribution < -0.4 is 5.56 Å². The van der Waals surface area contributed by atoms with Gasteiger partial charge in [0.05, 0.1) is 24.5 Å². The van der Waals surface area contributed by atoms with E-state index in [1.807, 2.05) is 13.8 Å². The van der Waals surface area contributed by atoms with Gasteiger partial charge in [-0.25, -0.2) is 19.0 Å². The molecule has 2 saturated heterocycles. The molecule has 11 nitrogen and oxygen atoms in total. The number of aromatic nitrogens is 6. The zero-order valence-corrected chi connectivity index (χ0v) is 26.8. The van der Waals surface area contributed by atoms with Gasteiger partial charge in [-0.05, 0) is 42.9 Å². The molecule has 6 heterocycles. The molecule has 2 amide bonds. The minimum atomic E-state index is -4.66. The molecule has 0 bridgehead atoms. The predicted octanol–water partition coefficient (Wildman–Crippen LogP) is 5.74. The second-order valence-corrected chi connectivity index (χ2v) is 12.4. The van der Waals surface area contributed by atoms with Crippen LogP contribution in [0.15, 0.2) is 29.1 Å². The van der Waals surface area contributed by atoms with E-state index in [9.17, 15) is 40.7 Å². The van der Waals surface area contributed by atoms with E-state index < -0.39 is 29.3 Å². The molecule has 2 unspecified atom stereocenters. The van der Waals surface area contributed by atoms with Crippen LogP contribution in [-0.4, -0.2) is 63.9 Å².